The third kappa shape index (κ3) is 2.75. The molecular weight excluding hydrogens is 286 g/mol. The molecule has 2 aromatic carbocycles. The fourth-order valence-corrected chi connectivity index (χ4v) is 3.00. The molecular formula is C19H17N3O. The number of benzene rings is 2. The second kappa shape index (κ2) is 5.72. The summed E-state index contributed by atoms with van der Waals surface area (Å²) in [5.41, 5.74) is 5.92. The van der Waals surface area contributed by atoms with Crippen molar-refractivity contribution in [3.63, 3.8) is 0 Å². The Morgan fingerprint density at radius 3 is 2.78 bits per heavy atom. The highest BCUT2D eigenvalue weighted by Crippen LogP contribution is 2.47. The number of hydrazone groups is 1. The Balaban J connectivity index is 1.39. The van der Waals surface area contributed by atoms with Crippen LogP contribution in [0, 0.1) is 5.92 Å². The summed E-state index contributed by atoms with van der Waals surface area (Å²) in [5, 5.41) is 5.21. The highest BCUT2D eigenvalue weighted by Gasteiger charge is 2.43. The van der Waals surface area contributed by atoms with Crippen LogP contribution in [0.1, 0.15) is 23.5 Å². The van der Waals surface area contributed by atoms with Gasteiger partial charge in [-0.25, -0.2) is 5.43 Å². The molecule has 2 atom stereocenters. The van der Waals surface area contributed by atoms with Gasteiger partial charge in [-0.15, -0.1) is 0 Å². The highest BCUT2D eigenvalue weighted by atomic mass is 16.2. The molecule has 0 saturated heterocycles. The van der Waals surface area contributed by atoms with Crippen molar-refractivity contribution >= 4 is 23.0 Å². The first-order valence-corrected chi connectivity index (χ1v) is 7.77. The van der Waals surface area contributed by atoms with Crippen LogP contribution in [-0.4, -0.2) is 17.1 Å². The monoisotopic (exact) mass is 303 g/mol. The molecule has 0 unspecified atom stereocenters. The number of carbonyl (C=O) groups excluding carboxylic acids is 1. The number of aromatic amines is 1. The van der Waals surface area contributed by atoms with Crippen molar-refractivity contribution in [3.8, 4) is 0 Å². The van der Waals surface area contributed by atoms with Gasteiger partial charge in [-0.3, -0.25) is 4.79 Å². The van der Waals surface area contributed by atoms with Crippen LogP contribution in [0.25, 0.3) is 10.9 Å². The van der Waals surface area contributed by atoms with Crippen molar-refractivity contribution < 1.29 is 4.79 Å². The Kier molecular flexibility index (Phi) is 3.42. The van der Waals surface area contributed by atoms with E-state index < -0.39 is 0 Å². The van der Waals surface area contributed by atoms with Gasteiger partial charge in [0.05, 0.1) is 6.21 Å². The number of amides is 1. The molecule has 1 amide bonds. The molecule has 1 fully saturated rings. The SMILES string of the molecule is O=C(N/N=C\c1c[nH]c2ccccc12)[C@@H]1C[C@@H]1c1ccccc1. The molecule has 4 nitrogen and oxygen atoms in total. The standard InChI is InChI=1S/C19H17N3O/c23-19(17-10-16(17)13-6-2-1-3-7-13)22-21-12-14-11-20-18-9-5-4-8-15(14)18/h1-9,11-12,16-17,20H,10H2,(H,22,23)/b21-12-/t16-,17-/m1/s1. The van der Waals surface area contributed by atoms with Crippen molar-refractivity contribution in [1.82, 2.24) is 10.4 Å². The van der Waals surface area contributed by atoms with Gasteiger partial charge in [-0.1, -0.05) is 48.5 Å². The molecule has 1 saturated carbocycles. The number of carbonyl (C=O) groups is 1. The first kappa shape index (κ1) is 13.8. The zero-order chi connectivity index (χ0) is 15.6. The van der Waals surface area contributed by atoms with E-state index in [-0.39, 0.29) is 11.8 Å². The minimum Gasteiger partial charge on any atom is -0.361 e. The van der Waals surface area contributed by atoms with Gasteiger partial charge >= 0.3 is 0 Å². The van der Waals surface area contributed by atoms with Crippen molar-refractivity contribution in [2.24, 2.45) is 11.0 Å². The quantitative estimate of drug-likeness (QED) is 0.563. The summed E-state index contributed by atoms with van der Waals surface area (Å²) >= 11 is 0. The average molecular weight is 303 g/mol. The van der Waals surface area contributed by atoms with Gasteiger partial charge in [0.25, 0.3) is 0 Å². The normalized spacial score (nSPS) is 20.0. The third-order valence-electron chi connectivity index (χ3n) is 4.35. The molecule has 4 rings (SSSR count). The van der Waals surface area contributed by atoms with Crippen molar-refractivity contribution in [2.45, 2.75) is 12.3 Å². The summed E-state index contributed by atoms with van der Waals surface area (Å²) in [7, 11) is 0. The molecule has 0 aliphatic heterocycles. The first-order valence-electron chi connectivity index (χ1n) is 7.77. The minimum absolute atomic E-state index is 0.00468. The second-order valence-electron chi connectivity index (χ2n) is 5.88. The van der Waals surface area contributed by atoms with E-state index in [0.717, 1.165) is 22.9 Å². The lowest BCUT2D eigenvalue weighted by atomic mass is 10.1. The maximum atomic E-state index is 12.1. The molecule has 23 heavy (non-hydrogen) atoms. The number of nitrogens with one attached hydrogen (secondary N) is 2. The predicted octanol–water partition coefficient (Wildman–Crippen LogP) is 3.42. The van der Waals surface area contributed by atoms with E-state index >= 15 is 0 Å². The van der Waals surface area contributed by atoms with Crippen LogP contribution in [0.3, 0.4) is 0 Å². The molecule has 2 N–H and O–H groups in total. The molecule has 114 valence electrons. The molecule has 3 aromatic rings. The van der Waals surface area contributed by atoms with Gasteiger partial charge in [0.1, 0.15) is 0 Å². The number of nitrogens with zero attached hydrogens (tertiary/aromatic N) is 1. The number of hydrogen-bond donors (Lipinski definition) is 2. The fraction of sp³-hybridized carbons (Fsp3) is 0.158. The van der Waals surface area contributed by atoms with Crippen LogP contribution in [-0.2, 0) is 4.79 Å². The van der Waals surface area contributed by atoms with Crippen LogP contribution in [0.4, 0.5) is 0 Å². The Morgan fingerprint density at radius 1 is 1.13 bits per heavy atom. The maximum Gasteiger partial charge on any atom is 0.243 e. The second-order valence-corrected chi connectivity index (χ2v) is 5.88. The summed E-state index contributed by atoms with van der Waals surface area (Å²) in [5.74, 6) is 0.368. The molecule has 0 spiro atoms. The van der Waals surface area contributed by atoms with Crippen LogP contribution in [0.2, 0.25) is 0 Å². The topological polar surface area (TPSA) is 57.2 Å². The Labute approximate surface area is 134 Å². The minimum atomic E-state index is -0.00468. The first-order chi connectivity index (χ1) is 11.3. The van der Waals surface area contributed by atoms with E-state index in [1.807, 2.05) is 48.7 Å². The van der Waals surface area contributed by atoms with Crippen molar-refractivity contribution in [3.05, 3.63) is 71.9 Å². The lowest BCUT2D eigenvalue weighted by Gasteiger charge is -1.99. The zero-order valence-corrected chi connectivity index (χ0v) is 12.6. The van der Waals surface area contributed by atoms with Gasteiger partial charge in [0, 0.05) is 28.6 Å². The summed E-state index contributed by atoms with van der Waals surface area (Å²) in [6.07, 6.45) is 4.49. The molecule has 4 heteroatoms. The van der Waals surface area contributed by atoms with E-state index in [4.69, 9.17) is 0 Å². The van der Waals surface area contributed by atoms with E-state index in [2.05, 4.69) is 27.6 Å². The molecule has 1 heterocycles. The van der Waals surface area contributed by atoms with E-state index in [1.54, 1.807) is 6.21 Å². The maximum absolute atomic E-state index is 12.1. The van der Waals surface area contributed by atoms with Crippen molar-refractivity contribution in [2.75, 3.05) is 0 Å². The lowest BCUT2D eigenvalue weighted by Crippen LogP contribution is -2.20. The molecule has 1 aliphatic carbocycles. The van der Waals surface area contributed by atoms with E-state index in [9.17, 15) is 4.79 Å². The largest absolute Gasteiger partial charge is 0.361 e. The van der Waals surface area contributed by atoms with Crippen LogP contribution in [0.5, 0.6) is 0 Å². The van der Waals surface area contributed by atoms with E-state index in [1.165, 1.54) is 5.56 Å². The average Bonchev–Trinajstić information content (AvgIpc) is 3.31. The molecule has 0 radical (unpaired) electrons. The predicted molar refractivity (Wildman–Crippen MR) is 91.3 cm³/mol. The summed E-state index contributed by atoms with van der Waals surface area (Å²) in [6.45, 7) is 0. The van der Waals surface area contributed by atoms with Gasteiger partial charge in [-0.05, 0) is 24.0 Å². The molecule has 1 aliphatic rings. The van der Waals surface area contributed by atoms with Crippen LogP contribution in [0.15, 0.2) is 65.9 Å². The number of rotatable bonds is 4. The van der Waals surface area contributed by atoms with Gasteiger partial charge in [-0.2, -0.15) is 5.10 Å². The third-order valence-corrected chi connectivity index (χ3v) is 4.35. The number of hydrogen-bond acceptors (Lipinski definition) is 2. The Morgan fingerprint density at radius 2 is 1.91 bits per heavy atom. The smallest absolute Gasteiger partial charge is 0.243 e. The fourth-order valence-electron chi connectivity index (χ4n) is 3.00. The summed E-state index contributed by atoms with van der Waals surface area (Å²) < 4.78 is 0. The molecule has 1 aromatic heterocycles. The van der Waals surface area contributed by atoms with Gasteiger partial charge in [0.2, 0.25) is 5.91 Å². The summed E-state index contributed by atoms with van der Waals surface area (Å²) in [4.78, 5) is 15.3. The number of H-pyrrole nitrogens is 1. The Hall–Kier alpha value is -2.88. The van der Waals surface area contributed by atoms with Crippen LogP contribution >= 0.6 is 0 Å². The van der Waals surface area contributed by atoms with E-state index in [0.29, 0.717) is 5.92 Å². The van der Waals surface area contributed by atoms with Gasteiger partial charge < -0.3 is 4.98 Å². The van der Waals surface area contributed by atoms with Crippen LogP contribution < -0.4 is 5.43 Å². The Bertz CT molecular complexity index is 866. The number of para-hydroxylation sites is 1. The van der Waals surface area contributed by atoms with Gasteiger partial charge in [0.15, 0.2) is 0 Å². The number of aromatic nitrogens is 1. The lowest BCUT2D eigenvalue weighted by molar-refractivity contribution is -0.122. The highest BCUT2D eigenvalue weighted by molar-refractivity contribution is 5.99. The molecule has 0 bridgehead atoms. The van der Waals surface area contributed by atoms with Crippen molar-refractivity contribution in [1.29, 1.82) is 0 Å². The summed E-state index contributed by atoms with van der Waals surface area (Å²) in [6, 6.07) is 18.2. The zero-order valence-electron chi connectivity index (χ0n) is 12.6. The number of fused-ring (bicyclic) bond motifs is 1.